The monoisotopic (exact) mass is 864 g/mol. The number of ether oxygens (including phenoxy) is 2. The van der Waals surface area contributed by atoms with Gasteiger partial charge in [0.15, 0.2) is 0 Å². The molecule has 7 rings (SSSR count). The van der Waals surface area contributed by atoms with Crippen molar-refractivity contribution in [3.63, 3.8) is 0 Å². The van der Waals surface area contributed by atoms with Crippen molar-refractivity contribution in [3.8, 4) is 0 Å². The Morgan fingerprint density at radius 2 is 0.609 bits per heavy atom. The number of benzene rings is 6. The number of fused-ring (bicyclic) bond motifs is 4. The molecule has 0 atom stereocenters. The average molecular weight is 865 g/mol. The molecule has 64 heavy (non-hydrogen) atoms. The molecule has 0 unspecified atom stereocenters. The number of amides is 4. The van der Waals surface area contributed by atoms with Gasteiger partial charge in [-0.15, -0.1) is 0 Å². The molecule has 336 valence electrons. The first-order valence-electron chi connectivity index (χ1n) is 22.5. The van der Waals surface area contributed by atoms with E-state index in [9.17, 15) is 19.2 Å². The Hall–Kier alpha value is -6.16. The molecule has 0 saturated heterocycles. The molecule has 0 aliphatic heterocycles. The Labute approximate surface area is 378 Å². The zero-order chi connectivity index (χ0) is 46.1. The predicted molar refractivity (Wildman–Crippen MR) is 257 cm³/mol. The fourth-order valence-corrected chi connectivity index (χ4v) is 9.42. The maximum atomic E-state index is 14.2. The van der Waals surface area contributed by atoms with E-state index in [0.29, 0.717) is 51.9 Å². The van der Waals surface area contributed by atoms with E-state index in [1.165, 1.54) is 0 Å². The molecule has 0 heterocycles. The van der Waals surface area contributed by atoms with Crippen LogP contribution in [-0.4, -0.2) is 83.0 Å². The molecule has 1 saturated carbocycles. The zero-order valence-corrected chi connectivity index (χ0v) is 39.3. The third-order valence-electron chi connectivity index (χ3n) is 12.5. The van der Waals surface area contributed by atoms with E-state index in [0.717, 1.165) is 65.3 Å². The van der Waals surface area contributed by atoms with Gasteiger partial charge < -0.3 is 29.1 Å². The topological polar surface area (TPSA) is 99.7 Å². The summed E-state index contributed by atoms with van der Waals surface area (Å²) in [6, 6.07) is 32.9. The van der Waals surface area contributed by atoms with E-state index in [4.69, 9.17) is 9.47 Å². The van der Waals surface area contributed by atoms with E-state index in [2.05, 4.69) is 48.5 Å². The van der Waals surface area contributed by atoms with Gasteiger partial charge in [-0.25, -0.2) is 9.59 Å². The first-order valence-corrected chi connectivity index (χ1v) is 22.5. The SMILES string of the molecule is CN(Cc1c2ccccc2c(CN(C)C(=O)C2CCC(C(=O)N(C)Cc3c4ccccc4c(CN(C)C(=O)OC(C)(C)C)c4ccccc34)CC2)c2ccccc12)C(=O)OC(C)(C)C. The highest BCUT2D eigenvalue weighted by Gasteiger charge is 2.34. The first-order chi connectivity index (χ1) is 30.3. The molecular weight excluding hydrogens is 801 g/mol. The van der Waals surface area contributed by atoms with Gasteiger partial charge >= 0.3 is 12.2 Å². The summed E-state index contributed by atoms with van der Waals surface area (Å²) in [6.45, 7) is 12.8. The van der Waals surface area contributed by atoms with Crippen LogP contribution >= 0.6 is 0 Å². The summed E-state index contributed by atoms with van der Waals surface area (Å²) in [5, 5.41) is 8.36. The fraction of sp³-hybridized carbons (Fsp3) is 0.407. The second-order valence-corrected chi connectivity index (χ2v) is 19.7. The van der Waals surface area contributed by atoms with Gasteiger partial charge in [0.25, 0.3) is 0 Å². The number of carbonyl (C=O) groups is 4. The Balaban J connectivity index is 1.05. The lowest BCUT2D eigenvalue weighted by Crippen LogP contribution is -2.38. The fourth-order valence-electron chi connectivity index (χ4n) is 9.42. The van der Waals surface area contributed by atoms with Crippen molar-refractivity contribution in [2.45, 2.75) is 105 Å². The Kier molecular flexibility index (Phi) is 13.3. The van der Waals surface area contributed by atoms with Crippen LogP contribution in [0.4, 0.5) is 9.59 Å². The highest BCUT2D eigenvalue weighted by atomic mass is 16.6. The van der Waals surface area contributed by atoms with Crippen molar-refractivity contribution in [1.82, 2.24) is 19.6 Å². The molecule has 10 heteroatoms. The van der Waals surface area contributed by atoms with Gasteiger partial charge in [0, 0.05) is 66.2 Å². The lowest BCUT2D eigenvalue weighted by atomic mass is 9.80. The average Bonchev–Trinajstić information content (AvgIpc) is 3.26. The van der Waals surface area contributed by atoms with Crippen LogP contribution in [0.5, 0.6) is 0 Å². The van der Waals surface area contributed by atoms with Crippen LogP contribution in [0.15, 0.2) is 97.1 Å². The minimum atomic E-state index is -0.604. The van der Waals surface area contributed by atoms with Gasteiger partial charge in [0.05, 0.1) is 0 Å². The summed E-state index contributed by atoms with van der Waals surface area (Å²) in [5.41, 5.74) is 3.00. The molecule has 0 N–H and O–H groups in total. The van der Waals surface area contributed by atoms with Crippen molar-refractivity contribution in [2.24, 2.45) is 11.8 Å². The van der Waals surface area contributed by atoms with Crippen LogP contribution in [-0.2, 0) is 45.2 Å². The Morgan fingerprint density at radius 3 is 0.812 bits per heavy atom. The quantitative estimate of drug-likeness (QED) is 0.127. The first kappa shape index (κ1) is 45.9. The molecule has 6 aromatic rings. The van der Waals surface area contributed by atoms with Crippen LogP contribution < -0.4 is 0 Å². The van der Waals surface area contributed by atoms with Gasteiger partial charge in [-0.3, -0.25) is 9.59 Å². The Bertz CT molecular complexity index is 2420. The molecular formula is C54H64N4O6. The molecule has 0 radical (unpaired) electrons. The molecule has 0 bridgehead atoms. The molecule has 6 aromatic carbocycles. The van der Waals surface area contributed by atoms with E-state index >= 15 is 0 Å². The van der Waals surface area contributed by atoms with Crippen LogP contribution in [0, 0.1) is 11.8 Å². The third-order valence-corrected chi connectivity index (χ3v) is 12.5. The lowest BCUT2D eigenvalue weighted by molar-refractivity contribution is -0.140. The second kappa shape index (κ2) is 18.5. The maximum absolute atomic E-state index is 14.2. The summed E-state index contributed by atoms with van der Waals surface area (Å²) < 4.78 is 11.4. The summed E-state index contributed by atoms with van der Waals surface area (Å²) in [7, 11) is 7.30. The molecule has 10 nitrogen and oxygen atoms in total. The summed E-state index contributed by atoms with van der Waals surface area (Å²) in [6.07, 6.45) is 1.84. The van der Waals surface area contributed by atoms with Gasteiger partial charge in [0.2, 0.25) is 11.8 Å². The van der Waals surface area contributed by atoms with Crippen molar-refractivity contribution in [1.29, 1.82) is 0 Å². The van der Waals surface area contributed by atoms with E-state index in [1.807, 2.05) is 114 Å². The molecule has 0 aromatic heterocycles. The van der Waals surface area contributed by atoms with Gasteiger partial charge in [-0.05, 0) is 133 Å². The van der Waals surface area contributed by atoms with Crippen molar-refractivity contribution < 1.29 is 28.7 Å². The number of rotatable bonds is 10. The zero-order valence-electron chi connectivity index (χ0n) is 39.3. The van der Waals surface area contributed by atoms with E-state index < -0.39 is 11.2 Å². The van der Waals surface area contributed by atoms with Crippen LogP contribution in [0.2, 0.25) is 0 Å². The van der Waals surface area contributed by atoms with Crippen LogP contribution in [0.25, 0.3) is 43.1 Å². The van der Waals surface area contributed by atoms with E-state index in [1.54, 1.807) is 23.9 Å². The molecule has 1 aliphatic carbocycles. The molecule has 1 fully saturated rings. The number of nitrogens with zero attached hydrogens (tertiary/aromatic N) is 4. The summed E-state index contributed by atoms with van der Waals surface area (Å²) in [4.78, 5) is 61.4. The standard InChI is InChI=1S/C54H64N4O6/c1-53(2,3)63-51(61)57(9)33-47-41-23-15-11-19-37(41)45(38-20-12-16-24-42(38)47)31-55(7)49(59)35-27-29-36(30-28-35)50(60)56(8)32-46-39-21-13-17-25-43(39)48(44-26-18-14-22-40(44)46)34-58(10)52(62)64-54(4,5)6/h11-26,35-36H,27-34H2,1-10H3. The van der Waals surface area contributed by atoms with Gasteiger partial charge in [-0.2, -0.15) is 0 Å². The molecule has 4 amide bonds. The number of hydrogen-bond donors (Lipinski definition) is 0. The van der Waals surface area contributed by atoms with E-state index in [-0.39, 0.29) is 35.8 Å². The lowest BCUT2D eigenvalue weighted by Gasteiger charge is -2.32. The van der Waals surface area contributed by atoms with Crippen LogP contribution in [0.1, 0.15) is 89.5 Å². The van der Waals surface area contributed by atoms with Crippen molar-refractivity contribution >= 4 is 67.1 Å². The smallest absolute Gasteiger partial charge is 0.410 e. The van der Waals surface area contributed by atoms with Crippen molar-refractivity contribution in [3.05, 3.63) is 119 Å². The third kappa shape index (κ3) is 9.96. The second-order valence-electron chi connectivity index (χ2n) is 19.7. The highest BCUT2D eigenvalue weighted by molar-refractivity contribution is 6.07. The van der Waals surface area contributed by atoms with Gasteiger partial charge in [-0.1, -0.05) is 97.1 Å². The van der Waals surface area contributed by atoms with Gasteiger partial charge in [0.1, 0.15) is 11.2 Å². The van der Waals surface area contributed by atoms with Crippen LogP contribution in [0.3, 0.4) is 0 Å². The minimum Gasteiger partial charge on any atom is -0.444 e. The highest BCUT2D eigenvalue weighted by Crippen LogP contribution is 2.38. The molecule has 1 aliphatic rings. The maximum Gasteiger partial charge on any atom is 0.410 e. The normalized spacial score (nSPS) is 15.6. The molecule has 0 spiro atoms. The van der Waals surface area contributed by atoms with Crippen molar-refractivity contribution in [2.75, 3.05) is 28.2 Å². The summed E-state index contributed by atoms with van der Waals surface area (Å²) in [5.74, 6) is -0.149. The Morgan fingerprint density at radius 1 is 0.406 bits per heavy atom. The largest absolute Gasteiger partial charge is 0.444 e. The number of carbonyl (C=O) groups excluding carboxylic acids is 4. The predicted octanol–water partition coefficient (Wildman–Crippen LogP) is 11.5. The summed E-state index contributed by atoms with van der Waals surface area (Å²) >= 11 is 0. The minimum absolute atomic E-state index is 0.0940. The number of hydrogen-bond acceptors (Lipinski definition) is 6.